The first kappa shape index (κ1) is 13.4. The van der Waals surface area contributed by atoms with Crippen LogP contribution in [0.4, 0.5) is 5.69 Å². The van der Waals surface area contributed by atoms with E-state index in [1.165, 1.54) is 29.8 Å². The quantitative estimate of drug-likeness (QED) is 0.881. The predicted molar refractivity (Wildman–Crippen MR) is 79.4 cm³/mol. The summed E-state index contributed by atoms with van der Waals surface area (Å²) in [5.74, 6) is 0.725. The van der Waals surface area contributed by atoms with Gasteiger partial charge < -0.3 is 10.2 Å². The Kier molecular flexibility index (Phi) is 3.67. The Balaban J connectivity index is 2.28. The first-order valence-electron chi connectivity index (χ1n) is 6.95. The van der Waals surface area contributed by atoms with Crippen molar-refractivity contribution in [1.29, 1.82) is 0 Å². The Morgan fingerprint density at radius 3 is 2.39 bits per heavy atom. The maximum atomic E-state index is 3.33. The highest BCUT2D eigenvalue weighted by Gasteiger charge is 2.40. The molecule has 1 fully saturated rings. The molecule has 2 nitrogen and oxygen atoms in total. The SMILES string of the molecule is CNCC1CCN(c2cc(C)cc(C)c2)C1(C)C. The van der Waals surface area contributed by atoms with Crippen LogP contribution in [0.25, 0.3) is 0 Å². The van der Waals surface area contributed by atoms with Crippen molar-refractivity contribution in [2.24, 2.45) is 5.92 Å². The van der Waals surface area contributed by atoms with Crippen molar-refractivity contribution in [2.45, 2.75) is 39.7 Å². The molecular formula is C16H26N2. The van der Waals surface area contributed by atoms with Gasteiger partial charge in [-0.15, -0.1) is 0 Å². The van der Waals surface area contributed by atoms with Crippen LogP contribution in [0.1, 0.15) is 31.4 Å². The Labute approximate surface area is 111 Å². The lowest BCUT2D eigenvalue weighted by molar-refractivity contribution is 0.356. The minimum Gasteiger partial charge on any atom is -0.366 e. The molecule has 0 spiro atoms. The number of nitrogens with one attached hydrogen (secondary N) is 1. The van der Waals surface area contributed by atoms with Gasteiger partial charge >= 0.3 is 0 Å². The molecule has 0 radical (unpaired) electrons. The first-order chi connectivity index (χ1) is 8.45. The van der Waals surface area contributed by atoms with Crippen LogP contribution in [-0.4, -0.2) is 25.7 Å². The molecule has 1 aromatic carbocycles. The molecule has 1 N–H and O–H groups in total. The highest BCUT2D eigenvalue weighted by Crippen LogP contribution is 2.38. The number of hydrogen-bond donors (Lipinski definition) is 1. The predicted octanol–water partition coefficient (Wildman–Crippen LogP) is 3.13. The first-order valence-corrected chi connectivity index (χ1v) is 6.95. The normalized spacial score (nSPS) is 22.5. The van der Waals surface area contributed by atoms with Crippen molar-refractivity contribution in [3.8, 4) is 0 Å². The maximum absolute atomic E-state index is 3.33. The molecule has 1 aliphatic heterocycles. The van der Waals surface area contributed by atoms with Crippen LogP contribution in [0.15, 0.2) is 18.2 Å². The summed E-state index contributed by atoms with van der Waals surface area (Å²) in [7, 11) is 2.05. The van der Waals surface area contributed by atoms with Gasteiger partial charge in [0.2, 0.25) is 0 Å². The zero-order valence-corrected chi connectivity index (χ0v) is 12.4. The Morgan fingerprint density at radius 2 is 1.83 bits per heavy atom. The van der Waals surface area contributed by atoms with E-state index in [0.717, 1.165) is 12.5 Å². The molecule has 1 atom stereocenters. The van der Waals surface area contributed by atoms with Gasteiger partial charge in [-0.25, -0.2) is 0 Å². The molecule has 1 aromatic rings. The molecule has 0 aromatic heterocycles. The fourth-order valence-electron chi connectivity index (χ4n) is 3.31. The minimum absolute atomic E-state index is 0.239. The van der Waals surface area contributed by atoms with E-state index in [1.54, 1.807) is 0 Å². The van der Waals surface area contributed by atoms with Crippen LogP contribution in [0.5, 0.6) is 0 Å². The Bertz CT molecular complexity index is 403. The maximum Gasteiger partial charge on any atom is 0.0386 e. The molecule has 2 rings (SSSR count). The molecule has 2 heteroatoms. The van der Waals surface area contributed by atoms with E-state index < -0.39 is 0 Å². The second-order valence-corrected chi connectivity index (χ2v) is 6.19. The summed E-state index contributed by atoms with van der Waals surface area (Å²) in [6.07, 6.45) is 1.28. The van der Waals surface area contributed by atoms with Gasteiger partial charge in [0.05, 0.1) is 0 Å². The molecule has 1 heterocycles. The van der Waals surface area contributed by atoms with Gasteiger partial charge in [0.15, 0.2) is 0 Å². The van der Waals surface area contributed by atoms with Gasteiger partial charge in [-0.05, 0) is 76.9 Å². The van der Waals surface area contributed by atoms with E-state index in [1.807, 2.05) is 0 Å². The number of anilines is 1. The van der Waals surface area contributed by atoms with Crippen LogP contribution in [0, 0.1) is 19.8 Å². The van der Waals surface area contributed by atoms with Crippen LogP contribution in [0.2, 0.25) is 0 Å². The van der Waals surface area contributed by atoms with Gasteiger partial charge in [-0.2, -0.15) is 0 Å². The average Bonchev–Trinajstić information content (AvgIpc) is 2.54. The molecule has 1 unspecified atom stereocenters. The molecule has 100 valence electrons. The molecule has 1 saturated heterocycles. The van der Waals surface area contributed by atoms with E-state index in [9.17, 15) is 0 Å². The summed E-state index contributed by atoms with van der Waals surface area (Å²) in [5, 5.41) is 3.33. The van der Waals surface area contributed by atoms with Gasteiger partial charge in [0.1, 0.15) is 0 Å². The summed E-state index contributed by atoms with van der Waals surface area (Å²) >= 11 is 0. The molecular weight excluding hydrogens is 220 g/mol. The summed E-state index contributed by atoms with van der Waals surface area (Å²) in [6, 6.07) is 6.88. The van der Waals surface area contributed by atoms with Gasteiger partial charge in [0.25, 0.3) is 0 Å². The lowest BCUT2D eigenvalue weighted by atomic mass is 9.88. The van der Waals surface area contributed by atoms with Crippen LogP contribution >= 0.6 is 0 Å². The number of aryl methyl sites for hydroxylation is 2. The molecule has 0 amide bonds. The van der Waals surface area contributed by atoms with Crippen molar-refractivity contribution in [2.75, 3.05) is 25.0 Å². The third-order valence-corrected chi connectivity index (χ3v) is 4.36. The van der Waals surface area contributed by atoms with Crippen LogP contribution < -0.4 is 10.2 Å². The second-order valence-electron chi connectivity index (χ2n) is 6.19. The Morgan fingerprint density at radius 1 is 1.22 bits per heavy atom. The highest BCUT2D eigenvalue weighted by atomic mass is 15.2. The molecule has 0 bridgehead atoms. The van der Waals surface area contributed by atoms with Crippen LogP contribution in [0.3, 0.4) is 0 Å². The summed E-state index contributed by atoms with van der Waals surface area (Å²) in [6.45, 7) is 11.4. The fourth-order valence-corrected chi connectivity index (χ4v) is 3.31. The lowest BCUT2D eigenvalue weighted by Gasteiger charge is -2.38. The third kappa shape index (κ3) is 2.39. The number of hydrogen-bond acceptors (Lipinski definition) is 2. The van der Waals surface area contributed by atoms with Gasteiger partial charge in [-0.1, -0.05) is 6.07 Å². The standard InChI is InChI=1S/C16H26N2/c1-12-8-13(2)10-15(9-12)18-7-6-14(11-17-5)16(18,3)4/h8-10,14,17H,6-7,11H2,1-5H3. The Hall–Kier alpha value is -1.02. The topological polar surface area (TPSA) is 15.3 Å². The summed E-state index contributed by atoms with van der Waals surface area (Å²) in [5.41, 5.74) is 4.34. The monoisotopic (exact) mass is 246 g/mol. The lowest BCUT2D eigenvalue weighted by Crippen LogP contribution is -2.45. The van der Waals surface area contributed by atoms with Gasteiger partial charge in [-0.3, -0.25) is 0 Å². The van der Waals surface area contributed by atoms with E-state index >= 15 is 0 Å². The molecule has 0 aliphatic carbocycles. The zero-order valence-electron chi connectivity index (χ0n) is 12.4. The van der Waals surface area contributed by atoms with Gasteiger partial charge in [0, 0.05) is 17.8 Å². The molecule has 1 aliphatic rings. The van der Waals surface area contributed by atoms with Crippen molar-refractivity contribution < 1.29 is 0 Å². The molecule has 0 saturated carbocycles. The molecule has 18 heavy (non-hydrogen) atoms. The van der Waals surface area contributed by atoms with E-state index in [0.29, 0.717) is 0 Å². The van der Waals surface area contributed by atoms with Crippen molar-refractivity contribution in [3.63, 3.8) is 0 Å². The number of benzene rings is 1. The summed E-state index contributed by atoms with van der Waals surface area (Å²) < 4.78 is 0. The van der Waals surface area contributed by atoms with Crippen molar-refractivity contribution in [3.05, 3.63) is 29.3 Å². The average molecular weight is 246 g/mol. The number of rotatable bonds is 3. The summed E-state index contributed by atoms with van der Waals surface area (Å²) in [4.78, 5) is 2.58. The van der Waals surface area contributed by atoms with E-state index in [-0.39, 0.29) is 5.54 Å². The van der Waals surface area contributed by atoms with Crippen LogP contribution in [-0.2, 0) is 0 Å². The van der Waals surface area contributed by atoms with Crippen molar-refractivity contribution >= 4 is 5.69 Å². The minimum atomic E-state index is 0.239. The van der Waals surface area contributed by atoms with Crippen molar-refractivity contribution in [1.82, 2.24) is 5.32 Å². The zero-order chi connectivity index (χ0) is 13.3. The largest absolute Gasteiger partial charge is 0.366 e. The van der Waals surface area contributed by atoms with E-state index in [2.05, 4.69) is 63.2 Å². The highest BCUT2D eigenvalue weighted by molar-refractivity contribution is 5.54. The fraction of sp³-hybridized carbons (Fsp3) is 0.625. The smallest absolute Gasteiger partial charge is 0.0386 e. The third-order valence-electron chi connectivity index (χ3n) is 4.36. The second kappa shape index (κ2) is 4.93. The van der Waals surface area contributed by atoms with E-state index in [4.69, 9.17) is 0 Å². The number of nitrogens with zero attached hydrogens (tertiary/aromatic N) is 1.